The molecule has 0 bridgehead atoms. The van der Waals surface area contributed by atoms with Gasteiger partial charge < -0.3 is 10.4 Å². The number of hydrogen-bond donors (Lipinski definition) is 2. The number of hydrogen-bond acceptors (Lipinski definition) is 3. The summed E-state index contributed by atoms with van der Waals surface area (Å²) >= 11 is 1.08. The third kappa shape index (κ3) is 2.45. The molecule has 108 valence electrons. The van der Waals surface area contributed by atoms with E-state index in [1.54, 1.807) is 6.07 Å². The van der Waals surface area contributed by atoms with Crippen LogP contribution in [0.15, 0.2) is 42.5 Å². The van der Waals surface area contributed by atoms with E-state index in [0.29, 0.717) is 5.00 Å². The van der Waals surface area contributed by atoms with Crippen molar-refractivity contribution in [2.24, 2.45) is 0 Å². The minimum Gasteiger partial charge on any atom is -0.477 e. The number of aromatic carboxylic acids is 1. The Morgan fingerprint density at radius 3 is 2.33 bits per heavy atom. The average molecular weight is 301 g/mol. The molecule has 0 atom stereocenters. The fourth-order valence-corrected chi connectivity index (χ4v) is 3.43. The molecule has 0 radical (unpaired) electrons. The molecular formula is C16H15NO3S. The lowest BCUT2D eigenvalue weighted by molar-refractivity contribution is -0.124. The van der Waals surface area contributed by atoms with E-state index >= 15 is 0 Å². The fourth-order valence-electron chi connectivity index (χ4n) is 2.69. The van der Waals surface area contributed by atoms with Gasteiger partial charge in [-0.1, -0.05) is 36.8 Å². The molecule has 5 heteroatoms. The summed E-state index contributed by atoms with van der Waals surface area (Å²) in [6.07, 6.45) is 2.70. The molecule has 4 nitrogen and oxygen atoms in total. The van der Waals surface area contributed by atoms with Crippen LogP contribution >= 0.6 is 11.3 Å². The zero-order valence-corrected chi connectivity index (χ0v) is 12.2. The Hall–Kier alpha value is -2.14. The second kappa shape index (κ2) is 5.33. The van der Waals surface area contributed by atoms with Gasteiger partial charge in [-0.2, -0.15) is 0 Å². The molecule has 1 aliphatic rings. The summed E-state index contributed by atoms with van der Waals surface area (Å²) in [4.78, 5) is 23.8. The molecule has 1 heterocycles. The van der Waals surface area contributed by atoms with Gasteiger partial charge in [0.15, 0.2) is 0 Å². The standard InChI is InChI=1S/C16H15NO3S/c18-14(19)12-7-8-13(21-12)17-15(20)16(9-4-10-16)11-5-2-1-3-6-11/h1-3,5-8H,4,9-10H2,(H,17,20)(H,18,19). The maximum atomic E-state index is 12.6. The Labute approximate surface area is 126 Å². The first kappa shape index (κ1) is 13.8. The highest BCUT2D eigenvalue weighted by atomic mass is 32.1. The molecule has 3 rings (SSSR count). The molecule has 1 saturated carbocycles. The lowest BCUT2D eigenvalue weighted by atomic mass is 9.64. The second-order valence-corrected chi connectivity index (χ2v) is 6.31. The Kier molecular flexibility index (Phi) is 3.51. The Morgan fingerprint density at radius 2 is 1.81 bits per heavy atom. The van der Waals surface area contributed by atoms with Crippen molar-refractivity contribution in [3.05, 3.63) is 52.9 Å². The van der Waals surface area contributed by atoms with Gasteiger partial charge in [0.1, 0.15) is 4.88 Å². The topological polar surface area (TPSA) is 66.4 Å². The average Bonchev–Trinajstić information content (AvgIpc) is 2.87. The lowest BCUT2D eigenvalue weighted by Gasteiger charge is -2.40. The maximum Gasteiger partial charge on any atom is 0.345 e. The number of carboxylic acids is 1. The van der Waals surface area contributed by atoms with Crippen LogP contribution in [0.1, 0.15) is 34.5 Å². The first-order chi connectivity index (χ1) is 10.1. The van der Waals surface area contributed by atoms with Crippen molar-refractivity contribution in [2.75, 3.05) is 5.32 Å². The third-order valence-electron chi connectivity index (χ3n) is 4.02. The van der Waals surface area contributed by atoms with Crippen molar-refractivity contribution >= 4 is 28.2 Å². The third-order valence-corrected chi connectivity index (χ3v) is 5.01. The predicted molar refractivity (Wildman–Crippen MR) is 81.9 cm³/mol. The molecule has 0 aliphatic heterocycles. The van der Waals surface area contributed by atoms with Crippen LogP contribution in [0.25, 0.3) is 0 Å². The number of rotatable bonds is 4. The Morgan fingerprint density at radius 1 is 1.10 bits per heavy atom. The summed E-state index contributed by atoms with van der Waals surface area (Å²) in [6.45, 7) is 0. The van der Waals surface area contributed by atoms with Gasteiger partial charge in [0.2, 0.25) is 5.91 Å². The smallest absolute Gasteiger partial charge is 0.345 e. The van der Waals surface area contributed by atoms with E-state index in [2.05, 4.69) is 5.32 Å². The SMILES string of the molecule is O=C(O)c1ccc(NC(=O)C2(c3ccccc3)CCC2)s1. The summed E-state index contributed by atoms with van der Waals surface area (Å²) in [7, 11) is 0. The highest BCUT2D eigenvalue weighted by Crippen LogP contribution is 2.44. The highest BCUT2D eigenvalue weighted by molar-refractivity contribution is 7.18. The van der Waals surface area contributed by atoms with Gasteiger partial charge in [-0.05, 0) is 30.5 Å². The number of amides is 1. The van der Waals surface area contributed by atoms with Crippen molar-refractivity contribution < 1.29 is 14.7 Å². The molecule has 21 heavy (non-hydrogen) atoms. The summed E-state index contributed by atoms with van der Waals surface area (Å²) < 4.78 is 0. The molecule has 1 amide bonds. The van der Waals surface area contributed by atoms with Crippen molar-refractivity contribution in [1.29, 1.82) is 0 Å². The van der Waals surface area contributed by atoms with E-state index in [-0.39, 0.29) is 10.8 Å². The first-order valence-electron chi connectivity index (χ1n) is 6.82. The van der Waals surface area contributed by atoms with Crippen LogP contribution in [0, 0.1) is 0 Å². The van der Waals surface area contributed by atoms with Gasteiger partial charge in [0.05, 0.1) is 10.4 Å². The van der Waals surface area contributed by atoms with E-state index in [1.165, 1.54) is 6.07 Å². The van der Waals surface area contributed by atoms with E-state index in [0.717, 1.165) is 36.2 Å². The lowest BCUT2D eigenvalue weighted by Crippen LogP contribution is -2.45. The number of carbonyl (C=O) groups is 2. The quantitative estimate of drug-likeness (QED) is 0.908. The van der Waals surface area contributed by atoms with Gasteiger partial charge >= 0.3 is 5.97 Å². The first-order valence-corrected chi connectivity index (χ1v) is 7.64. The molecule has 1 aliphatic carbocycles. The van der Waals surface area contributed by atoms with Crippen LogP contribution in [0.2, 0.25) is 0 Å². The molecule has 1 fully saturated rings. The molecule has 1 aromatic carbocycles. The number of anilines is 1. The minimum atomic E-state index is -0.970. The summed E-state index contributed by atoms with van der Waals surface area (Å²) in [5.74, 6) is -1.01. The van der Waals surface area contributed by atoms with Crippen LogP contribution in [0.3, 0.4) is 0 Å². The number of nitrogens with one attached hydrogen (secondary N) is 1. The normalized spacial score (nSPS) is 16.0. The number of benzene rings is 1. The molecule has 0 saturated heterocycles. The van der Waals surface area contributed by atoms with Crippen molar-refractivity contribution in [3.63, 3.8) is 0 Å². The summed E-state index contributed by atoms with van der Waals surface area (Å²) in [5.41, 5.74) is 0.568. The predicted octanol–water partition coefficient (Wildman–Crippen LogP) is 3.51. The van der Waals surface area contributed by atoms with E-state index in [1.807, 2.05) is 30.3 Å². The van der Waals surface area contributed by atoms with E-state index in [9.17, 15) is 9.59 Å². The van der Waals surface area contributed by atoms with Crippen LogP contribution < -0.4 is 5.32 Å². The number of carboxylic acid groups (broad SMARTS) is 1. The monoisotopic (exact) mass is 301 g/mol. The van der Waals surface area contributed by atoms with Gasteiger partial charge in [0, 0.05) is 0 Å². The van der Waals surface area contributed by atoms with Crippen LogP contribution in [-0.2, 0) is 10.2 Å². The fraction of sp³-hybridized carbons (Fsp3) is 0.250. The highest BCUT2D eigenvalue weighted by Gasteiger charge is 2.45. The van der Waals surface area contributed by atoms with Gasteiger partial charge in [-0.15, -0.1) is 11.3 Å². The Balaban J connectivity index is 1.81. The maximum absolute atomic E-state index is 12.6. The van der Waals surface area contributed by atoms with Crippen LogP contribution in [-0.4, -0.2) is 17.0 Å². The molecule has 0 spiro atoms. The summed E-state index contributed by atoms with van der Waals surface area (Å²) in [6, 6.07) is 12.9. The number of carbonyl (C=O) groups excluding carboxylic acids is 1. The van der Waals surface area contributed by atoms with Crippen LogP contribution in [0.5, 0.6) is 0 Å². The van der Waals surface area contributed by atoms with Crippen LogP contribution in [0.4, 0.5) is 5.00 Å². The molecule has 0 unspecified atom stereocenters. The second-order valence-electron chi connectivity index (χ2n) is 5.22. The zero-order valence-electron chi connectivity index (χ0n) is 11.3. The largest absolute Gasteiger partial charge is 0.477 e. The van der Waals surface area contributed by atoms with Crippen molar-refractivity contribution in [1.82, 2.24) is 0 Å². The Bertz CT molecular complexity index is 674. The van der Waals surface area contributed by atoms with E-state index in [4.69, 9.17) is 5.11 Å². The van der Waals surface area contributed by atoms with Gasteiger partial charge in [-0.25, -0.2) is 4.79 Å². The van der Waals surface area contributed by atoms with Gasteiger partial charge in [-0.3, -0.25) is 4.79 Å². The van der Waals surface area contributed by atoms with Crippen molar-refractivity contribution in [3.8, 4) is 0 Å². The minimum absolute atomic E-state index is 0.0428. The van der Waals surface area contributed by atoms with E-state index < -0.39 is 11.4 Å². The molecule has 2 aromatic rings. The zero-order chi connectivity index (χ0) is 14.9. The number of thiophene rings is 1. The molecular weight excluding hydrogens is 286 g/mol. The summed E-state index contributed by atoms with van der Waals surface area (Å²) in [5, 5.41) is 12.4. The van der Waals surface area contributed by atoms with Crippen molar-refractivity contribution in [2.45, 2.75) is 24.7 Å². The molecule has 2 N–H and O–H groups in total. The van der Waals surface area contributed by atoms with Gasteiger partial charge in [0.25, 0.3) is 0 Å². The molecule has 1 aromatic heterocycles.